The second-order valence-corrected chi connectivity index (χ2v) is 6.57. The number of halogens is 2. The van der Waals surface area contributed by atoms with Crippen LogP contribution < -0.4 is 5.32 Å². The van der Waals surface area contributed by atoms with Gasteiger partial charge in [0.15, 0.2) is 11.6 Å². The van der Waals surface area contributed by atoms with E-state index in [1.165, 1.54) is 17.7 Å². The second kappa shape index (κ2) is 7.66. The molecule has 1 amide bonds. The van der Waals surface area contributed by atoms with Gasteiger partial charge in [0.25, 0.3) is 0 Å². The Morgan fingerprint density at radius 3 is 2.65 bits per heavy atom. The number of carbonyl (C=O) groups is 1. The average molecular weight is 338 g/mol. The maximum atomic E-state index is 13.3. The molecule has 0 aliphatic rings. The number of rotatable bonds is 6. The van der Waals surface area contributed by atoms with E-state index in [-0.39, 0.29) is 18.5 Å². The van der Waals surface area contributed by atoms with Gasteiger partial charge in [0.1, 0.15) is 0 Å². The predicted molar refractivity (Wildman–Crippen MR) is 88.3 cm³/mol. The molecule has 1 atom stereocenters. The van der Waals surface area contributed by atoms with Gasteiger partial charge in [-0.1, -0.05) is 6.07 Å². The Balaban J connectivity index is 1.89. The molecule has 1 heterocycles. The summed E-state index contributed by atoms with van der Waals surface area (Å²) in [5.74, 6) is -1.84. The zero-order chi connectivity index (χ0) is 17.0. The van der Waals surface area contributed by atoms with Crippen molar-refractivity contribution in [2.75, 3.05) is 13.6 Å². The van der Waals surface area contributed by atoms with Crippen LogP contribution in [0.1, 0.15) is 29.0 Å². The summed E-state index contributed by atoms with van der Waals surface area (Å²) in [6.45, 7) is 4.55. The fourth-order valence-corrected chi connectivity index (χ4v) is 3.06. The SMILES string of the molecule is Cc1ccsc1CNC(=O)CN(C)C(C)c1ccc(F)c(F)c1. The third-order valence-corrected chi connectivity index (χ3v) is 4.92. The monoisotopic (exact) mass is 338 g/mol. The third kappa shape index (κ3) is 4.59. The highest BCUT2D eigenvalue weighted by molar-refractivity contribution is 7.10. The molecule has 1 aromatic heterocycles. The smallest absolute Gasteiger partial charge is 0.234 e. The first-order valence-electron chi connectivity index (χ1n) is 7.33. The summed E-state index contributed by atoms with van der Waals surface area (Å²) in [6, 6.07) is 5.63. The summed E-state index contributed by atoms with van der Waals surface area (Å²) in [5.41, 5.74) is 1.80. The van der Waals surface area contributed by atoms with E-state index in [0.717, 1.165) is 10.9 Å². The molecule has 124 valence electrons. The lowest BCUT2D eigenvalue weighted by Crippen LogP contribution is -2.36. The minimum absolute atomic E-state index is 0.102. The van der Waals surface area contributed by atoms with Crippen molar-refractivity contribution in [2.24, 2.45) is 0 Å². The first-order valence-corrected chi connectivity index (χ1v) is 8.21. The number of nitrogens with one attached hydrogen (secondary N) is 1. The molecule has 0 aliphatic carbocycles. The molecule has 0 saturated carbocycles. The fraction of sp³-hybridized carbons (Fsp3) is 0.353. The number of aryl methyl sites for hydroxylation is 1. The summed E-state index contributed by atoms with van der Waals surface area (Å²) in [4.78, 5) is 15.0. The van der Waals surface area contributed by atoms with E-state index in [1.54, 1.807) is 23.3 Å². The van der Waals surface area contributed by atoms with Gasteiger partial charge in [-0.2, -0.15) is 0 Å². The number of nitrogens with zero attached hydrogens (tertiary/aromatic N) is 1. The largest absolute Gasteiger partial charge is 0.350 e. The summed E-state index contributed by atoms with van der Waals surface area (Å²) in [5, 5.41) is 4.87. The van der Waals surface area contributed by atoms with E-state index in [2.05, 4.69) is 5.32 Å². The number of carbonyl (C=O) groups excluding carboxylic acids is 1. The molecule has 0 aliphatic heterocycles. The Hall–Kier alpha value is -1.79. The van der Waals surface area contributed by atoms with Crippen LogP contribution in [0.3, 0.4) is 0 Å². The molecule has 2 rings (SSSR count). The van der Waals surface area contributed by atoms with Crippen molar-refractivity contribution in [3.63, 3.8) is 0 Å². The van der Waals surface area contributed by atoms with E-state index in [1.807, 2.05) is 25.3 Å². The van der Waals surface area contributed by atoms with Crippen LogP contribution in [0.15, 0.2) is 29.6 Å². The van der Waals surface area contributed by atoms with Gasteiger partial charge in [-0.25, -0.2) is 8.78 Å². The summed E-state index contributed by atoms with van der Waals surface area (Å²) >= 11 is 1.61. The molecule has 1 aromatic carbocycles. The molecule has 1 unspecified atom stereocenters. The van der Waals surface area contributed by atoms with Crippen molar-refractivity contribution in [1.29, 1.82) is 0 Å². The van der Waals surface area contributed by atoms with Crippen LogP contribution in [0.4, 0.5) is 8.78 Å². The molecule has 3 nitrogen and oxygen atoms in total. The fourth-order valence-electron chi connectivity index (χ4n) is 2.21. The second-order valence-electron chi connectivity index (χ2n) is 5.57. The normalized spacial score (nSPS) is 12.4. The highest BCUT2D eigenvalue weighted by Gasteiger charge is 2.16. The predicted octanol–water partition coefficient (Wildman–Crippen LogP) is 3.64. The zero-order valence-corrected chi connectivity index (χ0v) is 14.2. The molecular weight excluding hydrogens is 318 g/mol. The first kappa shape index (κ1) is 17.6. The van der Waals surface area contributed by atoms with Crippen LogP contribution in [0.25, 0.3) is 0 Å². The number of thiophene rings is 1. The molecule has 23 heavy (non-hydrogen) atoms. The lowest BCUT2D eigenvalue weighted by atomic mass is 10.1. The van der Waals surface area contributed by atoms with Gasteiger partial charge in [0.05, 0.1) is 13.1 Å². The van der Waals surface area contributed by atoms with Crippen LogP contribution >= 0.6 is 11.3 Å². The summed E-state index contributed by atoms with van der Waals surface area (Å²) in [7, 11) is 1.78. The van der Waals surface area contributed by atoms with Crippen molar-refractivity contribution in [3.05, 3.63) is 57.3 Å². The van der Waals surface area contributed by atoms with Gasteiger partial charge in [0.2, 0.25) is 5.91 Å². The number of hydrogen-bond acceptors (Lipinski definition) is 3. The van der Waals surface area contributed by atoms with E-state index >= 15 is 0 Å². The molecule has 0 spiro atoms. The number of benzene rings is 1. The first-order chi connectivity index (χ1) is 10.9. The Kier molecular flexibility index (Phi) is 5.85. The Labute approximate surface area is 138 Å². The van der Waals surface area contributed by atoms with Gasteiger partial charge in [-0.3, -0.25) is 9.69 Å². The molecule has 2 aromatic rings. The average Bonchev–Trinajstić information content (AvgIpc) is 2.92. The Morgan fingerprint density at radius 1 is 1.30 bits per heavy atom. The number of amides is 1. The van der Waals surface area contributed by atoms with Crippen LogP contribution in [-0.2, 0) is 11.3 Å². The Bertz CT molecular complexity index is 687. The van der Waals surface area contributed by atoms with Crippen molar-refractivity contribution in [1.82, 2.24) is 10.2 Å². The highest BCUT2D eigenvalue weighted by atomic mass is 32.1. The van der Waals surface area contributed by atoms with Gasteiger partial charge >= 0.3 is 0 Å². The molecular formula is C17H20F2N2OS. The quantitative estimate of drug-likeness (QED) is 0.872. The van der Waals surface area contributed by atoms with Crippen molar-refractivity contribution >= 4 is 17.2 Å². The molecule has 0 radical (unpaired) electrons. The standard InChI is InChI=1S/C17H20F2N2OS/c1-11-6-7-23-16(11)9-20-17(22)10-21(3)12(2)13-4-5-14(18)15(19)8-13/h4-8,12H,9-10H2,1-3H3,(H,20,22). The van der Waals surface area contributed by atoms with E-state index in [4.69, 9.17) is 0 Å². The molecule has 6 heteroatoms. The minimum atomic E-state index is -0.875. The van der Waals surface area contributed by atoms with E-state index in [0.29, 0.717) is 12.1 Å². The minimum Gasteiger partial charge on any atom is -0.350 e. The van der Waals surface area contributed by atoms with Crippen molar-refractivity contribution < 1.29 is 13.6 Å². The number of likely N-dealkylation sites (N-methyl/N-ethyl adjacent to an activating group) is 1. The van der Waals surface area contributed by atoms with Gasteiger partial charge in [-0.05, 0) is 55.6 Å². The van der Waals surface area contributed by atoms with Crippen LogP contribution in [0, 0.1) is 18.6 Å². The lowest BCUT2D eigenvalue weighted by Gasteiger charge is -2.24. The van der Waals surface area contributed by atoms with Crippen molar-refractivity contribution in [3.8, 4) is 0 Å². The van der Waals surface area contributed by atoms with Crippen LogP contribution in [0.5, 0.6) is 0 Å². The van der Waals surface area contributed by atoms with Crippen LogP contribution in [0.2, 0.25) is 0 Å². The maximum Gasteiger partial charge on any atom is 0.234 e. The molecule has 0 bridgehead atoms. The van der Waals surface area contributed by atoms with Crippen molar-refractivity contribution in [2.45, 2.75) is 26.4 Å². The van der Waals surface area contributed by atoms with Gasteiger partial charge in [0, 0.05) is 10.9 Å². The molecule has 0 saturated heterocycles. The topological polar surface area (TPSA) is 32.3 Å². The van der Waals surface area contributed by atoms with Crippen LogP contribution in [-0.4, -0.2) is 24.4 Å². The zero-order valence-electron chi connectivity index (χ0n) is 13.4. The van der Waals surface area contributed by atoms with Gasteiger partial charge in [-0.15, -0.1) is 11.3 Å². The molecule has 0 fully saturated rings. The maximum absolute atomic E-state index is 13.3. The molecule has 1 N–H and O–H groups in total. The third-order valence-electron chi connectivity index (χ3n) is 3.89. The Morgan fingerprint density at radius 2 is 2.04 bits per heavy atom. The van der Waals surface area contributed by atoms with E-state index < -0.39 is 11.6 Å². The summed E-state index contributed by atoms with van der Waals surface area (Å²) in [6.07, 6.45) is 0. The lowest BCUT2D eigenvalue weighted by molar-refractivity contribution is -0.122. The van der Waals surface area contributed by atoms with E-state index in [9.17, 15) is 13.6 Å². The summed E-state index contributed by atoms with van der Waals surface area (Å²) < 4.78 is 26.3. The van der Waals surface area contributed by atoms with Gasteiger partial charge < -0.3 is 5.32 Å². The highest BCUT2D eigenvalue weighted by Crippen LogP contribution is 2.20. The number of hydrogen-bond donors (Lipinski definition) is 1.